The highest BCUT2D eigenvalue weighted by molar-refractivity contribution is 5.72. The van der Waals surface area contributed by atoms with Gasteiger partial charge in [0.25, 0.3) is 0 Å². The largest absolute Gasteiger partial charge is 0.469 e. The van der Waals surface area contributed by atoms with Crippen molar-refractivity contribution in [3.63, 3.8) is 0 Å². The van der Waals surface area contributed by atoms with Crippen LogP contribution in [0.3, 0.4) is 0 Å². The highest BCUT2D eigenvalue weighted by atomic mass is 16.5. The number of methoxy groups -OCH3 is 1. The van der Waals surface area contributed by atoms with Gasteiger partial charge >= 0.3 is 12.1 Å². The molecule has 0 aliphatic rings. The minimum absolute atomic E-state index is 0.148. The van der Waals surface area contributed by atoms with Crippen LogP contribution >= 0.6 is 0 Å². The quantitative estimate of drug-likeness (QED) is 0.660. The average Bonchev–Trinajstić information content (AvgIpc) is 2.04. The Kier molecular flexibility index (Phi) is 5.67. The molecule has 0 aromatic carbocycles. The van der Waals surface area contributed by atoms with E-state index in [1.54, 1.807) is 13.8 Å². The molecule has 0 rings (SSSR count). The van der Waals surface area contributed by atoms with E-state index >= 15 is 0 Å². The van der Waals surface area contributed by atoms with Crippen LogP contribution in [0.25, 0.3) is 0 Å². The maximum Gasteiger partial charge on any atom is 0.407 e. The van der Waals surface area contributed by atoms with Crippen LogP contribution in [0.4, 0.5) is 4.79 Å². The zero-order chi connectivity index (χ0) is 10.3. The van der Waals surface area contributed by atoms with Gasteiger partial charge in [-0.05, 0) is 13.8 Å². The van der Waals surface area contributed by atoms with Crippen molar-refractivity contribution in [2.45, 2.75) is 26.3 Å². The fraction of sp³-hybridized carbons (Fsp3) is 0.750. The van der Waals surface area contributed by atoms with Gasteiger partial charge in [0.1, 0.15) is 0 Å². The van der Waals surface area contributed by atoms with Crippen LogP contribution in [0.1, 0.15) is 20.3 Å². The maximum atomic E-state index is 10.8. The van der Waals surface area contributed by atoms with Crippen molar-refractivity contribution in [3.05, 3.63) is 0 Å². The van der Waals surface area contributed by atoms with Crippen LogP contribution in [0.5, 0.6) is 0 Å². The molecule has 1 N–H and O–H groups in total. The lowest BCUT2D eigenvalue weighted by Gasteiger charge is -2.11. The Labute approximate surface area is 77.4 Å². The van der Waals surface area contributed by atoms with Gasteiger partial charge in [0.05, 0.1) is 20.1 Å². The summed E-state index contributed by atoms with van der Waals surface area (Å²) in [5, 5.41) is 2.48. The number of alkyl carbamates (subject to hydrolysis) is 1. The third-order valence-corrected chi connectivity index (χ3v) is 1.34. The first kappa shape index (κ1) is 11.7. The summed E-state index contributed by atoms with van der Waals surface area (Å²) in [5.41, 5.74) is 0. The third kappa shape index (κ3) is 5.95. The Bertz CT molecular complexity index is 181. The molecule has 0 heterocycles. The summed E-state index contributed by atoms with van der Waals surface area (Å²) in [5.74, 6) is -0.357. The van der Waals surface area contributed by atoms with Crippen LogP contribution in [-0.4, -0.2) is 31.8 Å². The molecular formula is C8H15NO4. The van der Waals surface area contributed by atoms with Gasteiger partial charge in [0.2, 0.25) is 0 Å². The van der Waals surface area contributed by atoms with Crippen LogP contribution in [0.15, 0.2) is 0 Å². The molecule has 76 valence electrons. The Morgan fingerprint density at radius 2 is 2.08 bits per heavy atom. The zero-order valence-corrected chi connectivity index (χ0v) is 8.12. The van der Waals surface area contributed by atoms with Crippen molar-refractivity contribution in [2.24, 2.45) is 0 Å². The summed E-state index contributed by atoms with van der Waals surface area (Å²) in [6.07, 6.45) is -0.367. The van der Waals surface area contributed by atoms with E-state index in [0.29, 0.717) is 6.61 Å². The summed E-state index contributed by atoms with van der Waals surface area (Å²) in [6, 6.07) is -0.272. The molecule has 0 aliphatic heterocycles. The van der Waals surface area contributed by atoms with E-state index in [0.717, 1.165) is 0 Å². The van der Waals surface area contributed by atoms with Gasteiger partial charge in [-0.25, -0.2) is 4.79 Å². The van der Waals surface area contributed by atoms with Crippen LogP contribution in [-0.2, 0) is 14.3 Å². The maximum absolute atomic E-state index is 10.8. The normalized spacial score (nSPS) is 11.6. The molecule has 0 aromatic rings. The van der Waals surface area contributed by atoms with E-state index in [1.807, 2.05) is 0 Å². The molecular weight excluding hydrogens is 174 g/mol. The molecule has 13 heavy (non-hydrogen) atoms. The second-order valence-corrected chi connectivity index (χ2v) is 2.55. The molecule has 0 saturated carbocycles. The lowest BCUT2D eigenvalue weighted by molar-refractivity contribution is -0.141. The van der Waals surface area contributed by atoms with Crippen molar-refractivity contribution in [2.75, 3.05) is 13.7 Å². The third-order valence-electron chi connectivity index (χ3n) is 1.34. The topological polar surface area (TPSA) is 64.6 Å². The van der Waals surface area contributed by atoms with Gasteiger partial charge in [-0.2, -0.15) is 0 Å². The Hall–Kier alpha value is -1.26. The molecule has 0 saturated heterocycles. The van der Waals surface area contributed by atoms with E-state index in [2.05, 4.69) is 14.8 Å². The molecule has 0 bridgehead atoms. The summed E-state index contributed by atoms with van der Waals surface area (Å²) in [6.45, 7) is 3.73. The number of esters is 1. The number of hydrogen-bond acceptors (Lipinski definition) is 4. The smallest absolute Gasteiger partial charge is 0.407 e. The first-order chi connectivity index (χ1) is 6.10. The van der Waals surface area contributed by atoms with Crippen LogP contribution in [0, 0.1) is 0 Å². The first-order valence-corrected chi connectivity index (χ1v) is 4.10. The van der Waals surface area contributed by atoms with E-state index in [1.165, 1.54) is 7.11 Å². The van der Waals surface area contributed by atoms with Gasteiger partial charge in [0.15, 0.2) is 0 Å². The SMILES string of the molecule is CCOC(=O)N[C@H](C)CC(=O)OC. The molecule has 0 radical (unpaired) electrons. The molecule has 1 amide bonds. The Balaban J connectivity index is 3.67. The second-order valence-electron chi connectivity index (χ2n) is 2.55. The fourth-order valence-electron chi connectivity index (χ4n) is 0.758. The highest BCUT2D eigenvalue weighted by Gasteiger charge is 2.11. The fourth-order valence-corrected chi connectivity index (χ4v) is 0.758. The Morgan fingerprint density at radius 1 is 1.46 bits per heavy atom. The number of amides is 1. The minimum Gasteiger partial charge on any atom is -0.469 e. The van der Waals surface area contributed by atoms with Crippen molar-refractivity contribution in [1.82, 2.24) is 5.32 Å². The van der Waals surface area contributed by atoms with Crippen LogP contribution in [0.2, 0.25) is 0 Å². The van der Waals surface area contributed by atoms with Gasteiger partial charge in [-0.15, -0.1) is 0 Å². The van der Waals surface area contributed by atoms with Crippen molar-refractivity contribution >= 4 is 12.1 Å². The molecule has 0 aliphatic carbocycles. The van der Waals surface area contributed by atoms with E-state index < -0.39 is 6.09 Å². The first-order valence-electron chi connectivity index (χ1n) is 4.10. The van der Waals surface area contributed by atoms with Gasteiger partial charge in [-0.3, -0.25) is 4.79 Å². The summed E-state index contributed by atoms with van der Waals surface area (Å²) >= 11 is 0. The van der Waals surface area contributed by atoms with Gasteiger partial charge in [-0.1, -0.05) is 0 Å². The average molecular weight is 189 g/mol. The second kappa shape index (κ2) is 6.28. The molecule has 1 atom stereocenters. The molecule has 5 heteroatoms. The van der Waals surface area contributed by atoms with Crippen molar-refractivity contribution in [1.29, 1.82) is 0 Å². The molecule has 5 nitrogen and oxygen atoms in total. The standard InChI is InChI=1S/C8H15NO4/c1-4-13-8(11)9-6(2)5-7(10)12-3/h6H,4-5H2,1-3H3,(H,9,11)/t6-/m1/s1. The van der Waals surface area contributed by atoms with Gasteiger partial charge in [0, 0.05) is 6.04 Å². The van der Waals surface area contributed by atoms with E-state index in [9.17, 15) is 9.59 Å². The molecule has 0 spiro atoms. The highest BCUT2D eigenvalue weighted by Crippen LogP contribution is 1.93. The van der Waals surface area contributed by atoms with Crippen molar-refractivity contribution in [3.8, 4) is 0 Å². The molecule has 0 unspecified atom stereocenters. The monoisotopic (exact) mass is 189 g/mol. The number of hydrogen-bond donors (Lipinski definition) is 1. The van der Waals surface area contributed by atoms with Crippen molar-refractivity contribution < 1.29 is 19.1 Å². The number of rotatable bonds is 4. The number of nitrogens with one attached hydrogen (secondary N) is 1. The predicted molar refractivity (Wildman–Crippen MR) is 46.3 cm³/mol. The number of carbonyl (C=O) groups excluding carboxylic acids is 2. The lowest BCUT2D eigenvalue weighted by Crippen LogP contribution is -2.34. The summed E-state index contributed by atoms with van der Waals surface area (Å²) in [7, 11) is 1.30. The zero-order valence-electron chi connectivity index (χ0n) is 8.12. The predicted octanol–water partition coefficient (Wildman–Crippen LogP) is 0.684. The lowest BCUT2D eigenvalue weighted by atomic mass is 10.2. The number of carbonyl (C=O) groups is 2. The van der Waals surface area contributed by atoms with Gasteiger partial charge < -0.3 is 14.8 Å². The number of ether oxygens (including phenoxy) is 2. The summed E-state index contributed by atoms with van der Waals surface area (Å²) in [4.78, 5) is 21.6. The van der Waals surface area contributed by atoms with E-state index in [4.69, 9.17) is 0 Å². The Morgan fingerprint density at radius 3 is 2.54 bits per heavy atom. The van der Waals surface area contributed by atoms with Crippen LogP contribution < -0.4 is 5.32 Å². The molecule has 0 fully saturated rings. The minimum atomic E-state index is -0.515. The summed E-state index contributed by atoms with van der Waals surface area (Å²) < 4.78 is 9.06. The van der Waals surface area contributed by atoms with E-state index in [-0.39, 0.29) is 18.4 Å². The molecule has 0 aromatic heterocycles.